The molecule has 0 spiro atoms. The topological polar surface area (TPSA) is 68.7 Å². The summed E-state index contributed by atoms with van der Waals surface area (Å²) in [6.45, 7) is 7.05. The number of hydrogen-bond acceptors (Lipinski definition) is 5. The highest BCUT2D eigenvalue weighted by atomic mass is 16.3. The highest BCUT2D eigenvalue weighted by Gasteiger charge is 2.50. The fourth-order valence-corrected chi connectivity index (χ4v) is 8.82. The minimum Gasteiger partial charge on any atom is -0.506 e. The van der Waals surface area contributed by atoms with Gasteiger partial charge in [-0.25, -0.2) is 0 Å². The second kappa shape index (κ2) is 10.8. The second-order valence-corrected chi connectivity index (χ2v) is 13.4. The first-order chi connectivity index (χ1) is 19.9. The highest BCUT2D eigenvalue weighted by Crippen LogP contribution is 2.59. The lowest BCUT2D eigenvalue weighted by molar-refractivity contribution is -0.0503. The fourth-order valence-electron chi connectivity index (χ4n) is 8.82. The number of anilines is 1. The normalized spacial score (nSPS) is 28.0. The zero-order valence-electron chi connectivity index (χ0n) is 24.1. The molecule has 5 aliphatic rings. The van der Waals surface area contributed by atoms with Crippen LogP contribution in [-0.4, -0.2) is 53.6 Å². The van der Waals surface area contributed by atoms with Crippen LogP contribution in [0.15, 0.2) is 67.0 Å². The molecule has 4 aliphatic carbocycles. The Balaban J connectivity index is 0.911. The lowest BCUT2D eigenvalue weighted by atomic mass is 9.49. The zero-order chi connectivity index (χ0) is 28.0. The Hall–Kier alpha value is -3.38. The summed E-state index contributed by atoms with van der Waals surface area (Å²) in [7, 11) is 0. The van der Waals surface area contributed by atoms with E-state index in [1.54, 1.807) is 12.3 Å². The van der Waals surface area contributed by atoms with Gasteiger partial charge in [0.2, 0.25) is 0 Å². The molecule has 5 fully saturated rings. The summed E-state index contributed by atoms with van der Waals surface area (Å²) in [6.07, 6.45) is 11.5. The lowest BCUT2D eigenvalue weighted by Gasteiger charge is -2.56. The highest BCUT2D eigenvalue weighted by molar-refractivity contribution is 5.94. The molecule has 0 radical (unpaired) electrons. The van der Waals surface area contributed by atoms with Crippen LogP contribution >= 0.6 is 0 Å². The maximum Gasteiger partial charge on any atom is 0.251 e. The maximum atomic E-state index is 13.0. The van der Waals surface area contributed by atoms with Crippen LogP contribution in [0, 0.1) is 23.2 Å². The van der Waals surface area contributed by atoms with Gasteiger partial charge in [0, 0.05) is 61.8 Å². The second-order valence-electron chi connectivity index (χ2n) is 13.4. The van der Waals surface area contributed by atoms with Crippen molar-refractivity contribution in [2.45, 2.75) is 51.5 Å². The molecule has 3 aromatic rings. The van der Waals surface area contributed by atoms with E-state index in [1.807, 2.05) is 12.1 Å². The van der Waals surface area contributed by atoms with Gasteiger partial charge >= 0.3 is 0 Å². The predicted octanol–water partition coefficient (Wildman–Crippen LogP) is 6.28. The number of benzene rings is 2. The third-order valence-corrected chi connectivity index (χ3v) is 10.6. The van der Waals surface area contributed by atoms with Crippen molar-refractivity contribution in [2.75, 3.05) is 37.6 Å². The van der Waals surface area contributed by atoms with Gasteiger partial charge in [-0.2, -0.15) is 0 Å². The third kappa shape index (κ3) is 5.46. The summed E-state index contributed by atoms with van der Waals surface area (Å²) in [5.74, 6) is 3.00. The number of rotatable bonds is 7. The summed E-state index contributed by atoms with van der Waals surface area (Å²) in [5, 5.41) is 13.1. The van der Waals surface area contributed by atoms with E-state index < -0.39 is 0 Å². The molecule has 6 heteroatoms. The van der Waals surface area contributed by atoms with E-state index >= 15 is 0 Å². The van der Waals surface area contributed by atoms with E-state index in [2.05, 4.69) is 63.4 Å². The zero-order valence-corrected chi connectivity index (χ0v) is 24.1. The van der Waals surface area contributed by atoms with Crippen LogP contribution in [0.4, 0.5) is 5.69 Å². The van der Waals surface area contributed by atoms with Crippen LogP contribution in [0.3, 0.4) is 0 Å². The molecule has 2 N–H and O–H groups in total. The molecular formula is C35H42N4O2. The number of piperazine rings is 1. The molecule has 1 aromatic heterocycles. The molecule has 2 heterocycles. The minimum atomic E-state index is 0.0808. The smallest absolute Gasteiger partial charge is 0.251 e. The van der Waals surface area contributed by atoms with E-state index in [9.17, 15) is 9.90 Å². The number of amides is 1. The molecule has 4 bridgehead atoms. The van der Waals surface area contributed by atoms with Crippen molar-refractivity contribution in [3.8, 4) is 16.9 Å². The van der Waals surface area contributed by atoms with Crippen molar-refractivity contribution in [2.24, 2.45) is 23.2 Å². The van der Waals surface area contributed by atoms with Gasteiger partial charge in [0.1, 0.15) is 5.75 Å². The summed E-state index contributed by atoms with van der Waals surface area (Å²) in [6, 6.07) is 18.9. The Morgan fingerprint density at radius 2 is 1.54 bits per heavy atom. The standard InChI is InChI=1S/C35H42N4O2/c1-24(28-2-4-29(5-3-28)31-17-33(40)22-36-21-31)38-10-12-39(13-11-38)32-8-6-30(7-9-32)34(41)37-23-35-18-25-14-26(19-35)16-27(15-25)20-35/h2-9,17,21-22,24-27,40H,10-16,18-20,23H2,1H3,(H,37,41). The number of aromatic nitrogens is 1. The molecule has 1 saturated heterocycles. The van der Waals surface area contributed by atoms with Gasteiger partial charge in [-0.15, -0.1) is 0 Å². The Kier molecular flexibility index (Phi) is 6.98. The third-order valence-electron chi connectivity index (χ3n) is 10.6. The van der Waals surface area contributed by atoms with Gasteiger partial charge in [-0.05, 0) is 110 Å². The number of nitrogens with one attached hydrogen (secondary N) is 1. The van der Waals surface area contributed by atoms with Gasteiger partial charge in [0.05, 0.1) is 6.20 Å². The van der Waals surface area contributed by atoms with Crippen molar-refractivity contribution >= 4 is 11.6 Å². The van der Waals surface area contributed by atoms with Crippen LogP contribution in [0.1, 0.15) is 67.4 Å². The molecule has 1 atom stereocenters. The Labute approximate surface area is 243 Å². The first-order valence-electron chi connectivity index (χ1n) is 15.5. The van der Waals surface area contributed by atoms with E-state index in [1.165, 1.54) is 56.0 Å². The van der Waals surface area contributed by atoms with E-state index in [0.717, 1.165) is 67.2 Å². The first-order valence-corrected chi connectivity index (χ1v) is 15.5. The number of carbonyl (C=O) groups is 1. The summed E-state index contributed by atoms with van der Waals surface area (Å²) in [5.41, 5.74) is 5.60. The molecule has 2 aromatic carbocycles. The van der Waals surface area contributed by atoms with E-state index in [0.29, 0.717) is 11.5 Å². The molecule has 8 rings (SSSR count). The van der Waals surface area contributed by atoms with Gasteiger partial charge < -0.3 is 15.3 Å². The van der Waals surface area contributed by atoms with Gasteiger partial charge in [-0.1, -0.05) is 24.3 Å². The van der Waals surface area contributed by atoms with Crippen LogP contribution in [0.25, 0.3) is 11.1 Å². The van der Waals surface area contributed by atoms with Gasteiger partial charge in [0.25, 0.3) is 5.91 Å². The Morgan fingerprint density at radius 1 is 0.902 bits per heavy atom. The average Bonchev–Trinajstić information content (AvgIpc) is 2.99. The molecule has 1 amide bonds. The van der Waals surface area contributed by atoms with Crippen molar-refractivity contribution in [3.63, 3.8) is 0 Å². The number of pyridine rings is 1. The maximum absolute atomic E-state index is 13.0. The molecule has 6 nitrogen and oxygen atoms in total. The fraction of sp³-hybridized carbons (Fsp3) is 0.486. The molecular weight excluding hydrogens is 508 g/mol. The predicted molar refractivity (Wildman–Crippen MR) is 163 cm³/mol. The van der Waals surface area contributed by atoms with Gasteiger partial charge in [-0.3, -0.25) is 14.7 Å². The SMILES string of the molecule is CC(c1ccc(-c2cncc(O)c2)cc1)N1CCN(c2ccc(C(=O)NCC34CC5CC(CC(C5)C3)C4)cc2)CC1. The molecule has 1 aliphatic heterocycles. The van der Waals surface area contributed by atoms with E-state index in [4.69, 9.17) is 0 Å². The van der Waals surface area contributed by atoms with Crippen LogP contribution in [0.2, 0.25) is 0 Å². The molecule has 41 heavy (non-hydrogen) atoms. The number of hydrogen-bond donors (Lipinski definition) is 2. The monoisotopic (exact) mass is 550 g/mol. The van der Waals surface area contributed by atoms with Crippen LogP contribution in [0.5, 0.6) is 5.75 Å². The quantitative estimate of drug-likeness (QED) is 0.362. The molecule has 4 saturated carbocycles. The van der Waals surface area contributed by atoms with Crippen molar-refractivity contribution < 1.29 is 9.90 Å². The lowest BCUT2D eigenvalue weighted by Crippen LogP contribution is -2.51. The Bertz CT molecular complexity index is 1340. The van der Waals surface area contributed by atoms with Crippen molar-refractivity contribution in [1.29, 1.82) is 0 Å². The Morgan fingerprint density at radius 3 is 2.15 bits per heavy atom. The average molecular weight is 551 g/mol. The minimum absolute atomic E-state index is 0.0808. The van der Waals surface area contributed by atoms with Crippen LogP contribution < -0.4 is 10.2 Å². The summed E-state index contributed by atoms with van der Waals surface area (Å²) in [4.78, 5) is 22.1. The summed E-state index contributed by atoms with van der Waals surface area (Å²) < 4.78 is 0. The number of carbonyl (C=O) groups excluding carboxylic acids is 1. The number of nitrogens with zero attached hydrogens (tertiary/aromatic N) is 3. The largest absolute Gasteiger partial charge is 0.506 e. The van der Waals surface area contributed by atoms with Gasteiger partial charge in [0.15, 0.2) is 0 Å². The number of aromatic hydroxyl groups is 1. The summed E-state index contributed by atoms with van der Waals surface area (Å²) >= 11 is 0. The molecule has 1 unspecified atom stereocenters. The van der Waals surface area contributed by atoms with Crippen molar-refractivity contribution in [3.05, 3.63) is 78.1 Å². The molecule has 214 valence electrons. The van der Waals surface area contributed by atoms with Crippen LogP contribution in [-0.2, 0) is 0 Å². The van der Waals surface area contributed by atoms with E-state index in [-0.39, 0.29) is 11.7 Å². The van der Waals surface area contributed by atoms with Crippen molar-refractivity contribution in [1.82, 2.24) is 15.2 Å². The first kappa shape index (κ1) is 26.5.